The third-order valence-corrected chi connectivity index (χ3v) is 4.73. The highest BCUT2D eigenvalue weighted by atomic mass is 79.9. The molecule has 2 atom stereocenters. The van der Waals surface area contributed by atoms with Crippen molar-refractivity contribution in [2.75, 3.05) is 13.1 Å². The van der Waals surface area contributed by atoms with Crippen molar-refractivity contribution in [1.82, 2.24) is 5.32 Å². The Bertz CT molecular complexity index is 328. The van der Waals surface area contributed by atoms with Gasteiger partial charge in [-0.15, -0.1) is 0 Å². The van der Waals surface area contributed by atoms with Gasteiger partial charge in [-0.3, -0.25) is 0 Å². The first-order valence-corrected chi connectivity index (χ1v) is 6.53. The van der Waals surface area contributed by atoms with Crippen LogP contribution in [0, 0.1) is 5.92 Å². The zero-order valence-electron chi connectivity index (χ0n) is 8.09. The number of halogens is 1. The lowest BCUT2D eigenvalue weighted by Crippen LogP contribution is -2.46. The van der Waals surface area contributed by atoms with E-state index in [0.717, 1.165) is 29.5 Å². The first-order chi connectivity index (χ1) is 6.64. The van der Waals surface area contributed by atoms with E-state index in [1.54, 1.807) is 11.3 Å². The SMILES string of the molecule is CC1CNCCC1(O)c1cscc1Br. The molecule has 0 aromatic carbocycles. The van der Waals surface area contributed by atoms with Gasteiger partial charge < -0.3 is 10.4 Å². The molecule has 2 heterocycles. The van der Waals surface area contributed by atoms with Crippen molar-refractivity contribution in [3.05, 3.63) is 20.8 Å². The van der Waals surface area contributed by atoms with Gasteiger partial charge in [0.25, 0.3) is 0 Å². The van der Waals surface area contributed by atoms with Crippen LogP contribution in [0.5, 0.6) is 0 Å². The highest BCUT2D eigenvalue weighted by Gasteiger charge is 2.39. The lowest BCUT2D eigenvalue weighted by Gasteiger charge is -2.38. The fourth-order valence-electron chi connectivity index (χ4n) is 2.00. The first-order valence-electron chi connectivity index (χ1n) is 4.80. The van der Waals surface area contributed by atoms with E-state index in [-0.39, 0.29) is 5.92 Å². The zero-order valence-corrected chi connectivity index (χ0v) is 10.5. The Labute approximate surface area is 96.5 Å². The minimum absolute atomic E-state index is 0.266. The topological polar surface area (TPSA) is 32.3 Å². The largest absolute Gasteiger partial charge is 0.385 e. The van der Waals surface area contributed by atoms with Crippen LogP contribution in [-0.4, -0.2) is 18.2 Å². The van der Waals surface area contributed by atoms with Crippen LogP contribution in [0.15, 0.2) is 15.2 Å². The fraction of sp³-hybridized carbons (Fsp3) is 0.600. The molecule has 2 rings (SSSR count). The monoisotopic (exact) mass is 275 g/mol. The predicted octanol–water partition coefficient (Wildman–Crippen LogP) is 2.33. The summed E-state index contributed by atoms with van der Waals surface area (Å²) in [5.41, 5.74) is 0.404. The Kier molecular flexibility index (Phi) is 2.98. The highest BCUT2D eigenvalue weighted by molar-refractivity contribution is 9.10. The molecule has 4 heteroatoms. The van der Waals surface area contributed by atoms with Crippen molar-refractivity contribution in [3.63, 3.8) is 0 Å². The Balaban J connectivity index is 2.34. The van der Waals surface area contributed by atoms with Crippen LogP contribution in [0.4, 0.5) is 0 Å². The standard InChI is InChI=1S/C10H14BrNOS/c1-7-4-12-3-2-10(7,13)8-5-14-6-9(8)11/h5-7,12-13H,2-4H2,1H3. The average Bonchev–Trinajstić information content (AvgIpc) is 2.57. The molecule has 14 heavy (non-hydrogen) atoms. The number of aliphatic hydroxyl groups is 1. The van der Waals surface area contributed by atoms with Crippen LogP contribution in [0.2, 0.25) is 0 Å². The minimum Gasteiger partial charge on any atom is -0.385 e. The van der Waals surface area contributed by atoms with Crippen molar-refractivity contribution in [2.24, 2.45) is 5.92 Å². The molecule has 0 amide bonds. The molecule has 78 valence electrons. The molecule has 2 nitrogen and oxygen atoms in total. The normalized spacial score (nSPS) is 33.2. The van der Waals surface area contributed by atoms with Crippen LogP contribution in [0.3, 0.4) is 0 Å². The van der Waals surface area contributed by atoms with E-state index in [4.69, 9.17) is 0 Å². The summed E-state index contributed by atoms with van der Waals surface area (Å²) in [6.45, 7) is 3.87. The second kappa shape index (κ2) is 3.93. The van der Waals surface area contributed by atoms with Gasteiger partial charge in [-0.2, -0.15) is 11.3 Å². The van der Waals surface area contributed by atoms with E-state index in [2.05, 4.69) is 28.2 Å². The maximum absolute atomic E-state index is 10.6. The van der Waals surface area contributed by atoms with Gasteiger partial charge in [0.05, 0.1) is 5.60 Å². The molecular formula is C10H14BrNOS. The molecule has 1 saturated heterocycles. The Morgan fingerprint density at radius 2 is 2.43 bits per heavy atom. The van der Waals surface area contributed by atoms with Gasteiger partial charge in [-0.05, 0) is 34.3 Å². The molecule has 0 bridgehead atoms. The number of hydrogen-bond donors (Lipinski definition) is 2. The highest BCUT2D eigenvalue weighted by Crippen LogP contribution is 2.40. The van der Waals surface area contributed by atoms with Crippen LogP contribution in [0.25, 0.3) is 0 Å². The van der Waals surface area contributed by atoms with E-state index in [1.165, 1.54) is 0 Å². The molecule has 1 aliphatic heterocycles. The Morgan fingerprint density at radius 1 is 1.64 bits per heavy atom. The quantitative estimate of drug-likeness (QED) is 0.825. The summed E-state index contributed by atoms with van der Waals surface area (Å²) in [6, 6.07) is 0. The van der Waals surface area contributed by atoms with Gasteiger partial charge in [0.1, 0.15) is 0 Å². The van der Waals surface area contributed by atoms with Crippen LogP contribution in [-0.2, 0) is 5.60 Å². The molecule has 0 saturated carbocycles. The number of hydrogen-bond acceptors (Lipinski definition) is 3. The van der Waals surface area contributed by atoms with E-state index in [1.807, 2.05) is 10.8 Å². The number of thiophene rings is 1. The summed E-state index contributed by atoms with van der Waals surface area (Å²) in [5, 5.41) is 18.0. The van der Waals surface area contributed by atoms with Gasteiger partial charge in [0.2, 0.25) is 0 Å². The molecule has 0 aliphatic carbocycles. The van der Waals surface area contributed by atoms with Crippen molar-refractivity contribution >= 4 is 27.3 Å². The van der Waals surface area contributed by atoms with Crippen LogP contribution >= 0.6 is 27.3 Å². The predicted molar refractivity (Wildman–Crippen MR) is 62.6 cm³/mol. The fourth-order valence-corrected chi connectivity index (χ4v) is 3.72. The molecule has 0 radical (unpaired) electrons. The molecule has 2 unspecified atom stereocenters. The second-order valence-electron chi connectivity index (χ2n) is 3.91. The van der Waals surface area contributed by atoms with E-state index in [0.29, 0.717) is 0 Å². The number of piperidine rings is 1. The molecule has 1 fully saturated rings. The lowest BCUT2D eigenvalue weighted by atomic mass is 9.79. The minimum atomic E-state index is -0.649. The molecule has 1 aromatic heterocycles. The van der Waals surface area contributed by atoms with E-state index >= 15 is 0 Å². The van der Waals surface area contributed by atoms with Gasteiger partial charge in [0, 0.05) is 27.9 Å². The molecule has 1 aromatic rings. The van der Waals surface area contributed by atoms with Crippen LogP contribution in [0.1, 0.15) is 18.9 Å². The molecule has 1 aliphatic rings. The van der Waals surface area contributed by atoms with Gasteiger partial charge in [-0.1, -0.05) is 6.92 Å². The van der Waals surface area contributed by atoms with Crippen molar-refractivity contribution < 1.29 is 5.11 Å². The summed E-state index contributed by atoms with van der Waals surface area (Å²) in [7, 11) is 0. The Morgan fingerprint density at radius 3 is 3.00 bits per heavy atom. The van der Waals surface area contributed by atoms with E-state index in [9.17, 15) is 5.11 Å². The average molecular weight is 276 g/mol. The molecular weight excluding hydrogens is 262 g/mol. The summed E-state index contributed by atoms with van der Waals surface area (Å²) < 4.78 is 1.04. The van der Waals surface area contributed by atoms with Crippen LogP contribution < -0.4 is 5.32 Å². The van der Waals surface area contributed by atoms with Gasteiger partial charge >= 0.3 is 0 Å². The first kappa shape index (κ1) is 10.6. The third-order valence-electron chi connectivity index (χ3n) is 3.03. The third kappa shape index (κ3) is 1.65. The zero-order chi connectivity index (χ0) is 10.2. The molecule has 0 spiro atoms. The summed E-state index contributed by atoms with van der Waals surface area (Å²) >= 11 is 5.13. The van der Waals surface area contributed by atoms with Crippen molar-refractivity contribution in [1.29, 1.82) is 0 Å². The van der Waals surface area contributed by atoms with E-state index < -0.39 is 5.60 Å². The van der Waals surface area contributed by atoms with Crippen molar-refractivity contribution in [3.8, 4) is 0 Å². The number of nitrogens with one attached hydrogen (secondary N) is 1. The maximum Gasteiger partial charge on any atom is 0.0965 e. The maximum atomic E-state index is 10.6. The summed E-state index contributed by atoms with van der Waals surface area (Å²) in [5.74, 6) is 0.266. The second-order valence-corrected chi connectivity index (χ2v) is 5.51. The van der Waals surface area contributed by atoms with Gasteiger partial charge in [0.15, 0.2) is 0 Å². The number of rotatable bonds is 1. The molecule has 2 N–H and O–H groups in total. The summed E-state index contributed by atoms with van der Waals surface area (Å²) in [6.07, 6.45) is 0.795. The van der Waals surface area contributed by atoms with Crippen molar-refractivity contribution in [2.45, 2.75) is 18.9 Å². The lowest BCUT2D eigenvalue weighted by molar-refractivity contribution is -0.0394. The van der Waals surface area contributed by atoms with Gasteiger partial charge in [-0.25, -0.2) is 0 Å². The Hall–Kier alpha value is 0.100. The summed E-state index contributed by atoms with van der Waals surface area (Å²) in [4.78, 5) is 0. The smallest absolute Gasteiger partial charge is 0.0965 e.